The molecule has 1 heterocycles. The molecule has 6 nitrogen and oxygen atoms in total. The number of fused-ring (bicyclic) bond motifs is 1. The predicted molar refractivity (Wildman–Crippen MR) is 91.4 cm³/mol. The lowest BCUT2D eigenvalue weighted by Gasteiger charge is -2.09. The van der Waals surface area contributed by atoms with Gasteiger partial charge in [0.15, 0.2) is 23.0 Å². The van der Waals surface area contributed by atoms with Crippen LogP contribution >= 0.6 is 0 Å². The highest BCUT2D eigenvalue weighted by Crippen LogP contribution is 2.35. The van der Waals surface area contributed by atoms with Crippen molar-refractivity contribution < 1.29 is 28.5 Å². The standard InChI is InChI=1S/C19H18O6/c1-3-22-15-7-4-13(10-17(15)21-2)5-9-19(20)25-14-6-8-16-18(11-14)24-12-23-16/h4-11H,3,12H2,1-2H3/b9-5+. The Balaban J connectivity index is 1.66. The van der Waals surface area contributed by atoms with Crippen LogP contribution in [0, 0.1) is 0 Å². The van der Waals surface area contributed by atoms with Crippen molar-refractivity contribution in [1.29, 1.82) is 0 Å². The number of hydrogen-bond acceptors (Lipinski definition) is 6. The lowest BCUT2D eigenvalue weighted by molar-refractivity contribution is -0.128. The fourth-order valence-corrected chi connectivity index (χ4v) is 2.32. The molecule has 0 spiro atoms. The van der Waals surface area contributed by atoms with Crippen molar-refractivity contribution in [2.24, 2.45) is 0 Å². The summed E-state index contributed by atoms with van der Waals surface area (Å²) in [6.07, 6.45) is 2.99. The SMILES string of the molecule is CCOc1ccc(/C=C/C(=O)Oc2ccc3c(c2)OCO3)cc1OC. The Bertz CT molecular complexity index is 796. The van der Waals surface area contributed by atoms with Crippen molar-refractivity contribution in [1.82, 2.24) is 0 Å². The number of carbonyl (C=O) groups excluding carboxylic acids is 1. The molecule has 0 radical (unpaired) electrons. The van der Waals surface area contributed by atoms with E-state index in [2.05, 4.69) is 0 Å². The van der Waals surface area contributed by atoms with Gasteiger partial charge in [0, 0.05) is 12.1 Å². The molecule has 1 aliphatic rings. The Morgan fingerprint density at radius 1 is 1.12 bits per heavy atom. The van der Waals surface area contributed by atoms with Gasteiger partial charge < -0.3 is 23.7 Å². The molecule has 0 saturated carbocycles. The van der Waals surface area contributed by atoms with E-state index in [1.54, 1.807) is 43.5 Å². The molecule has 2 aromatic rings. The van der Waals surface area contributed by atoms with Gasteiger partial charge >= 0.3 is 5.97 Å². The molecule has 0 unspecified atom stereocenters. The maximum Gasteiger partial charge on any atom is 0.336 e. The van der Waals surface area contributed by atoms with Crippen molar-refractivity contribution in [3.63, 3.8) is 0 Å². The summed E-state index contributed by atoms with van der Waals surface area (Å²) < 4.78 is 26.5. The summed E-state index contributed by atoms with van der Waals surface area (Å²) in [5.74, 6) is 2.36. The first-order chi connectivity index (χ1) is 12.2. The molecule has 0 fully saturated rings. The summed E-state index contributed by atoms with van der Waals surface area (Å²) in [5.41, 5.74) is 0.794. The second-order valence-corrected chi connectivity index (χ2v) is 5.11. The Kier molecular flexibility index (Phi) is 5.09. The van der Waals surface area contributed by atoms with E-state index in [0.717, 1.165) is 5.56 Å². The minimum absolute atomic E-state index is 0.173. The van der Waals surface area contributed by atoms with E-state index in [0.29, 0.717) is 35.4 Å². The van der Waals surface area contributed by atoms with E-state index >= 15 is 0 Å². The first-order valence-electron chi connectivity index (χ1n) is 7.80. The fourth-order valence-electron chi connectivity index (χ4n) is 2.32. The van der Waals surface area contributed by atoms with Crippen LogP contribution in [0.4, 0.5) is 0 Å². The van der Waals surface area contributed by atoms with E-state index in [4.69, 9.17) is 23.7 Å². The number of carbonyl (C=O) groups is 1. The van der Waals surface area contributed by atoms with Crippen LogP contribution in [0.15, 0.2) is 42.5 Å². The summed E-state index contributed by atoms with van der Waals surface area (Å²) in [4.78, 5) is 12.0. The molecule has 0 aromatic heterocycles. The molecule has 3 rings (SSSR count). The second-order valence-electron chi connectivity index (χ2n) is 5.11. The smallest absolute Gasteiger partial charge is 0.336 e. The normalized spacial score (nSPS) is 12.2. The first-order valence-corrected chi connectivity index (χ1v) is 7.80. The molecular formula is C19H18O6. The summed E-state index contributed by atoms with van der Waals surface area (Å²) in [7, 11) is 1.57. The largest absolute Gasteiger partial charge is 0.493 e. The van der Waals surface area contributed by atoms with E-state index in [-0.39, 0.29) is 6.79 Å². The Morgan fingerprint density at radius 2 is 1.96 bits per heavy atom. The predicted octanol–water partition coefficient (Wildman–Crippen LogP) is 3.44. The van der Waals surface area contributed by atoms with Crippen molar-refractivity contribution in [2.45, 2.75) is 6.92 Å². The fraction of sp³-hybridized carbons (Fsp3) is 0.211. The zero-order valence-electron chi connectivity index (χ0n) is 14.0. The van der Waals surface area contributed by atoms with Gasteiger partial charge in [0.2, 0.25) is 6.79 Å². The summed E-state index contributed by atoms with van der Waals surface area (Å²) in [6.45, 7) is 2.62. The highest BCUT2D eigenvalue weighted by atomic mass is 16.7. The highest BCUT2D eigenvalue weighted by Gasteiger charge is 2.14. The van der Waals surface area contributed by atoms with E-state index < -0.39 is 5.97 Å². The topological polar surface area (TPSA) is 63.2 Å². The lowest BCUT2D eigenvalue weighted by Crippen LogP contribution is -2.03. The Labute approximate surface area is 145 Å². The summed E-state index contributed by atoms with van der Waals surface area (Å²) in [5, 5.41) is 0. The molecule has 25 heavy (non-hydrogen) atoms. The molecule has 1 aliphatic heterocycles. The minimum atomic E-state index is -0.494. The van der Waals surface area contributed by atoms with Gasteiger partial charge in [-0.15, -0.1) is 0 Å². The van der Waals surface area contributed by atoms with Gasteiger partial charge in [0.1, 0.15) is 5.75 Å². The molecule has 0 amide bonds. The first kappa shape index (κ1) is 16.7. The van der Waals surface area contributed by atoms with Crippen LogP contribution in [0.1, 0.15) is 12.5 Å². The van der Waals surface area contributed by atoms with E-state index in [9.17, 15) is 4.79 Å². The highest BCUT2D eigenvalue weighted by molar-refractivity contribution is 5.88. The van der Waals surface area contributed by atoms with Crippen LogP contribution in [0.25, 0.3) is 6.08 Å². The van der Waals surface area contributed by atoms with Gasteiger partial charge in [-0.25, -0.2) is 4.79 Å². The maximum absolute atomic E-state index is 12.0. The molecule has 130 valence electrons. The van der Waals surface area contributed by atoms with Gasteiger partial charge in [-0.2, -0.15) is 0 Å². The van der Waals surface area contributed by atoms with Crippen LogP contribution in [0.2, 0.25) is 0 Å². The van der Waals surface area contributed by atoms with Gasteiger partial charge in [-0.1, -0.05) is 6.07 Å². The average molecular weight is 342 g/mol. The number of esters is 1. The van der Waals surface area contributed by atoms with Crippen molar-refractivity contribution in [3.05, 3.63) is 48.0 Å². The summed E-state index contributed by atoms with van der Waals surface area (Å²) in [6, 6.07) is 10.4. The van der Waals surface area contributed by atoms with Crippen molar-refractivity contribution >= 4 is 12.0 Å². The molecule has 0 bridgehead atoms. The van der Waals surface area contributed by atoms with Gasteiger partial charge in [0.25, 0.3) is 0 Å². The van der Waals surface area contributed by atoms with Gasteiger partial charge in [-0.05, 0) is 42.8 Å². The van der Waals surface area contributed by atoms with Crippen LogP contribution in [-0.2, 0) is 4.79 Å². The monoisotopic (exact) mass is 342 g/mol. The number of benzene rings is 2. The quantitative estimate of drug-likeness (QED) is 0.455. The molecule has 0 atom stereocenters. The molecule has 0 N–H and O–H groups in total. The third-order valence-corrected chi connectivity index (χ3v) is 3.46. The van der Waals surface area contributed by atoms with Gasteiger partial charge in [-0.3, -0.25) is 0 Å². The zero-order valence-corrected chi connectivity index (χ0v) is 14.0. The van der Waals surface area contributed by atoms with Crippen LogP contribution < -0.4 is 23.7 Å². The summed E-state index contributed by atoms with van der Waals surface area (Å²) >= 11 is 0. The van der Waals surface area contributed by atoms with Crippen LogP contribution in [0.5, 0.6) is 28.7 Å². The number of hydrogen-bond donors (Lipinski definition) is 0. The second kappa shape index (κ2) is 7.61. The number of rotatable bonds is 6. The lowest BCUT2D eigenvalue weighted by atomic mass is 10.2. The average Bonchev–Trinajstić information content (AvgIpc) is 3.09. The maximum atomic E-state index is 12.0. The number of ether oxygens (including phenoxy) is 5. The van der Waals surface area contributed by atoms with Crippen molar-refractivity contribution in [3.8, 4) is 28.7 Å². The third-order valence-electron chi connectivity index (χ3n) is 3.46. The molecular weight excluding hydrogens is 324 g/mol. The van der Waals surface area contributed by atoms with Crippen LogP contribution in [0.3, 0.4) is 0 Å². The minimum Gasteiger partial charge on any atom is -0.493 e. The molecule has 6 heteroatoms. The number of methoxy groups -OCH3 is 1. The van der Waals surface area contributed by atoms with E-state index in [1.165, 1.54) is 6.08 Å². The third kappa shape index (κ3) is 4.03. The zero-order chi connectivity index (χ0) is 17.6. The van der Waals surface area contributed by atoms with Crippen LogP contribution in [-0.4, -0.2) is 26.5 Å². The van der Waals surface area contributed by atoms with Crippen molar-refractivity contribution in [2.75, 3.05) is 20.5 Å². The molecule has 0 saturated heterocycles. The van der Waals surface area contributed by atoms with Gasteiger partial charge in [0.05, 0.1) is 13.7 Å². The molecule has 2 aromatic carbocycles. The Morgan fingerprint density at radius 3 is 2.76 bits per heavy atom. The molecule has 0 aliphatic carbocycles. The van der Waals surface area contributed by atoms with E-state index in [1.807, 2.05) is 13.0 Å². The Hall–Kier alpha value is -3.15.